The summed E-state index contributed by atoms with van der Waals surface area (Å²) in [5.74, 6) is -2.96. The number of anilines is 1. The fourth-order valence-electron chi connectivity index (χ4n) is 8.28. The molecule has 2 aliphatic rings. The molecule has 338 valence electrons. The number of thiazole rings is 1. The van der Waals surface area contributed by atoms with Crippen molar-refractivity contribution in [3.8, 4) is 16.2 Å². The van der Waals surface area contributed by atoms with Crippen LogP contribution in [0.5, 0.6) is 5.75 Å². The van der Waals surface area contributed by atoms with E-state index in [2.05, 4.69) is 15.6 Å². The van der Waals surface area contributed by atoms with Gasteiger partial charge >= 0.3 is 0 Å². The summed E-state index contributed by atoms with van der Waals surface area (Å²) >= 11 is 1.57. The number of nitrogens with one attached hydrogen (secondary N) is 2. The minimum atomic E-state index is -1.63. The largest absolute Gasteiger partial charge is 0.491 e. The van der Waals surface area contributed by atoms with Gasteiger partial charge in [0.2, 0.25) is 17.7 Å². The molecule has 3 amide bonds. The summed E-state index contributed by atoms with van der Waals surface area (Å²) < 4.78 is 58.1. The van der Waals surface area contributed by atoms with E-state index in [1.165, 1.54) is 13.8 Å². The second-order valence-electron chi connectivity index (χ2n) is 18.1. The van der Waals surface area contributed by atoms with Crippen LogP contribution >= 0.6 is 11.3 Å². The quantitative estimate of drug-likeness (QED) is 0.0757. The van der Waals surface area contributed by atoms with Gasteiger partial charge in [-0.25, -0.2) is 18.2 Å². The zero-order valence-electron chi connectivity index (χ0n) is 37.1. The predicted octanol–water partition coefficient (Wildman–Crippen LogP) is 8.18. The van der Waals surface area contributed by atoms with Crippen LogP contribution in [0.2, 0.25) is 0 Å². The second-order valence-corrected chi connectivity index (χ2v) is 19.0. The van der Waals surface area contributed by atoms with Gasteiger partial charge in [-0.15, -0.1) is 11.3 Å². The first kappa shape index (κ1) is 47.2. The van der Waals surface area contributed by atoms with Gasteiger partial charge in [0.25, 0.3) is 0 Å². The number of nitrogen functional groups attached to an aromatic ring is 1. The highest BCUT2D eigenvalue weighted by molar-refractivity contribution is 7.13. The Hall–Kier alpha value is -5.25. The second kappa shape index (κ2) is 20.1. The van der Waals surface area contributed by atoms with Gasteiger partial charge in [0, 0.05) is 54.6 Å². The van der Waals surface area contributed by atoms with Crippen LogP contribution in [0.3, 0.4) is 0 Å². The number of nitrogens with two attached hydrogens (primary N) is 1. The molecule has 0 saturated carbocycles. The van der Waals surface area contributed by atoms with E-state index in [-0.39, 0.29) is 48.9 Å². The highest BCUT2D eigenvalue weighted by atomic mass is 32.1. The summed E-state index contributed by atoms with van der Waals surface area (Å²) in [6.07, 6.45) is 3.42. The normalized spacial score (nSPS) is 18.8. The molecule has 6 rings (SSSR count). The third-order valence-electron chi connectivity index (χ3n) is 11.4. The maximum Gasteiger partial charge on any atom is 0.246 e. The van der Waals surface area contributed by atoms with Gasteiger partial charge < -0.3 is 30.7 Å². The number of carbonyl (C=O) groups is 3. The third kappa shape index (κ3) is 11.9. The molecule has 0 spiro atoms. The Morgan fingerprint density at radius 3 is 2.35 bits per heavy atom. The summed E-state index contributed by atoms with van der Waals surface area (Å²) in [7, 11) is 0. The molecule has 4 aromatic rings. The van der Waals surface area contributed by atoms with Crippen LogP contribution in [0.25, 0.3) is 16.0 Å². The van der Waals surface area contributed by atoms with Crippen LogP contribution in [0, 0.1) is 24.0 Å². The topological polar surface area (TPSA) is 139 Å². The summed E-state index contributed by atoms with van der Waals surface area (Å²) in [4.78, 5) is 49.2. The maximum atomic E-state index is 15.9. The average Bonchev–Trinajstić information content (AvgIpc) is 3.89. The number of nitrogens with zero attached hydrogens (tertiary/aromatic N) is 3. The van der Waals surface area contributed by atoms with Crippen molar-refractivity contribution in [2.45, 2.75) is 104 Å². The molecule has 1 saturated heterocycles. The van der Waals surface area contributed by atoms with E-state index in [1.807, 2.05) is 82.6 Å². The van der Waals surface area contributed by atoms with Crippen molar-refractivity contribution in [1.29, 1.82) is 0 Å². The molecule has 2 aliphatic heterocycles. The smallest absolute Gasteiger partial charge is 0.246 e. The van der Waals surface area contributed by atoms with Crippen LogP contribution < -0.4 is 21.1 Å². The van der Waals surface area contributed by atoms with Crippen molar-refractivity contribution in [1.82, 2.24) is 25.4 Å². The van der Waals surface area contributed by atoms with E-state index < -0.39 is 53.4 Å². The van der Waals surface area contributed by atoms with Gasteiger partial charge in [-0.1, -0.05) is 69.3 Å². The molecule has 1 aromatic heterocycles. The zero-order valence-corrected chi connectivity index (χ0v) is 37.9. The number of amides is 3. The van der Waals surface area contributed by atoms with Crippen molar-refractivity contribution in [2.24, 2.45) is 5.41 Å². The van der Waals surface area contributed by atoms with Crippen molar-refractivity contribution in [3.63, 3.8) is 0 Å². The molecule has 1 fully saturated rings. The number of para-hydroxylation sites is 1. The first-order chi connectivity index (χ1) is 29.8. The molecule has 15 heteroatoms. The number of aromatic nitrogens is 1. The van der Waals surface area contributed by atoms with Crippen LogP contribution in [0.1, 0.15) is 89.2 Å². The molecular formula is C48H59F3N6O5S. The molecule has 63 heavy (non-hydrogen) atoms. The van der Waals surface area contributed by atoms with Gasteiger partial charge in [0.15, 0.2) is 0 Å². The van der Waals surface area contributed by atoms with E-state index in [4.69, 9.17) is 15.2 Å². The number of benzene rings is 3. The van der Waals surface area contributed by atoms with Crippen LogP contribution in [0.15, 0.2) is 72.3 Å². The van der Waals surface area contributed by atoms with Crippen molar-refractivity contribution < 1.29 is 37.0 Å². The fourth-order valence-corrected chi connectivity index (χ4v) is 9.09. The Balaban J connectivity index is 1.02. The van der Waals surface area contributed by atoms with Gasteiger partial charge in [-0.05, 0) is 75.1 Å². The Morgan fingerprint density at radius 2 is 1.71 bits per heavy atom. The van der Waals surface area contributed by atoms with Crippen molar-refractivity contribution >= 4 is 40.3 Å². The summed E-state index contributed by atoms with van der Waals surface area (Å²) in [6.45, 7) is 12.2. The van der Waals surface area contributed by atoms with E-state index in [0.717, 1.165) is 45.0 Å². The average molecular weight is 889 g/mol. The fraction of sp³-hybridized carbons (Fsp3) is 0.458. The minimum absolute atomic E-state index is 0.0545. The van der Waals surface area contributed by atoms with Gasteiger partial charge in [-0.3, -0.25) is 19.3 Å². The summed E-state index contributed by atoms with van der Waals surface area (Å²) in [6, 6.07) is 14.6. The van der Waals surface area contributed by atoms with E-state index in [0.29, 0.717) is 38.0 Å². The number of hydrogen-bond acceptors (Lipinski definition) is 9. The SMILES string of the molecule is Cc1ncsc1-c1ccc(CNC(=O)[C@@H]2CCCN2C(=O)[C@@H](NC(=O)COCCOc2cc(F)c([C@@H]3C=C(c4ccccc4N)C[C@@H](C)N3CC(C)(C)F)c(F)c2)C(C)(C)C)cc1. The first-order valence-corrected chi connectivity index (χ1v) is 22.3. The molecular weight excluding hydrogens is 830 g/mol. The van der Waals surface area contributed by atoms with Gasteiger partial charge in [-0.2, -0.15) is 0 Å². The van der Waals surface area contributed by atoms with Crippen molar-refractivity contribution in [3.05, 3.63) is 106 Å². The summed E-state index contributed by atoms with van der Waals surface area (Å²) in [5, 5.41) is 5.78. The van der Waals surface area contributed by atoms with E-state index in [1.54, 1.807) is 33.3 Å². The maximum absolute atomic E-state index is 15.9. The number of ether oxygens (including phenoxy) is 2. The number of carbonyl (C=O) groups excluding carboxylic acids is 3. The molecule has 0 unspecified atom stereocenters. The first-order valence-electron chi connectivity index (χ1n) is 21.4. The lowest BCUT2D eigenvalue weighted by Gasteiger charge is -2.42. The predicted molar refractivity (Wildman–Crippen MR) is 240 cm³/mol. The standard InChI is InChI=1S/C48H59F3N6O5S/c1-29-21-33(35-11-8-9-12-38(35)52)22-40(57(29)27-48(6,7)51)42-36(49)23-34(24-37(42)50)62-20-19-61-26-41(58)55-44(47(3,4)5)46(60)56-18-10-13-39(56)45(59)53-25-31-14-16-32(17-15-31)43-30(2)54-28-63-43/h8-9,11-12,14-17,22-24,28-29,39-40,44H,10,13,18-21,25-27,52H2,1-7H3,(H,53,59)(H,55,58)/t29-,39+,40+,44-/m1/s1. The van der Waals surface area contributed by atoms with Crippen LogP contribution in [0.4, 0.5) is 18.9 Å². The highest BCUT2D eigenvalue weighted by Crippen LogP contribution is 2.42. The number of halogens is 3. The number of likely N-dealkylation sites (tertiary alicyclic amines) is 1. The zero-order chi connectivity index (χ0) is 45.6. The Morgan fingerprint density at radius 1 is 1.02 bits per heavy atom. The molecule has 0 bridgehead atoms. The lowest BCUT2D eigenvalue weighted by Crippen LogP contribution is -2.58. The number of aryl methyl sites for hydroxylation is 1. The molecule has 0 aliphatic carbocycles. The lowest BCUT2D eigenvalue weighted by molar-refractivity contribution is -0.144. The monoisotopic (exact) mass is 888 g/mol. The number of rotatable bonds is 16. The Labute approximate surface area is 372 Å². The molecule has 3 heterocycles. The molecule has 0 radical (unpaired) electrons. The Kier molecular flexibility index (Phi) is 15.0. The van der Waals surface area contributed by atoms with Crippen LogP contribution in [-0.2, 0) is 25.7 Å². The van der Waals surface area contributed by atoms with Gasteiger partial charge in [0.05, 0.1) is 28.7 Å². The van der Waals surface area contributed by atoms with Crippen LogP contribution in [-0.4, -0.2) is 89.2 Å². The van der Waals surface area contributed by atoms with E-state index >= 15 is 13.2 Å². The Bertz CT molecular complexity index is 2270. The molecule has 4 N–H and O–H groups in total. The highest BCUT2D eigenvalue weighted by Gasteiger charge is 2.42. The molecule has 11 nitrogen and oxygen atoms in total. The van der Waals surface area contributed by atoms with Gasteiger partial charge in [0.1, 0.15) is 48.4 Å². The number of alkyl halides is 1. The summed E-state index contributed by atoms with van der Waals surface area (Å²) in [5.41, 5.74) is 10.6. The minimum Gasteiger partial charge on any atom is -0.491 e. The van der Waals surface area contributed by atoms with Crippen molar-refractivity contribution in [2.75, 3.05) is 38.6 Å². The lowest BCUT2D eigenvalue weighted by atomic mass is 9.85. The third-order valence-corrected chi connectivity index (χ3v) is 12.4. The number of hydrogen-bond donors (Lipinski definition) is 3. The molecule has 4 atom stereocenters. The van der Waals surface area contributed by atoms with E-state index in [9.17, 15) is 14.4 Å². The molecule has 3 aromatic carbocycles.